The van der Waals surface area contributed by atoms with E-state index in [4.69, 9.17) is 5.73 Å². The molecule has 112 valence electrons. The molecule has 2 aromatic rings. The summed E-state index contributed by atoms with van der Waals surface area (Å²) in [6.45, 7) is 1.74. The number of nitrogens with two attached hydrogens (primary N) is 1. The number of aryl methyl sites for hydroxylation is 1. The number of hydrogen-bond donors (Lipinski definition) is 2. The maximum absolute atomic E-state index is 13.6. The summed E-state index contributed by atoms with van der Waals surface area (Å²) in [6, 6.07) is 2.92. The van der Waals surface area contributed by atoms with Gasteiger partial charge >= 0.3 is 0 Å². The van der Waals surface area contributed by atoms with E-state index in [1.165, 1.54) is 6.20 Å². The maximum Gasteiger partial charge on any atom is 0.243 e. The van der Waals surface area contributed by atoms with E-state index in [-0.39, 0.29) is 6.54 Å². The third-order valence-electron chi connectivity index (χ3n) is 2.94. The van der Waals surface area contributed by atoms with Gasteiger partial charge in [0.15, 0.2) is 0 Å². The highest BCUT2D eigenvalue weighted by Crippen LogP contribution is 2.21. The summed E-state index contributed by atoms with van der Waals surface area (Å²) < 4.78 is 53.0. The number of anilines is 1. The Labute approximate surface area is 120 Å². The Balaban J connectivity index is 2.27. The summed E-state index contributed by atoms with van der Waals surface area (Å²) in [7, 11) is -4.14. The van der Waals surface area contributed by atoms with Crippen molar-refractivity contribution in [1.82, 2.24) is 9.71 Å². The molecule has 5 nitrogen and oxygen atoms in total. The third-order valence-corrected chi connectivity index (χ3v) is 4.36. The Hall–Kier alpha value is -2.06. The molecule has 0 fully saturated rings. The molecule has 1 aromatic heterocycles. The van der Waals surface area contributed by atoms with Crippen molar-refractivity contribution in [2.24, 2.45) is 0 Å². The molecule has 0 bridgehead atoms. The first-order chi connectivity index (χ1) is 9.81. The van der Waals surface area contributed by atoms with Crippen LogP contribution in [-0.4, -0.2) is 13.4 Å². The molecule has 0 aliphatic rings. The van der Waals surface area contributed by atoms with Crippen molar-refractivity contribution in [3.63, 3.8) is 0 Å². The van der Waals surface area contributed by atoms with Crippen LogP contribution in [0.5, 0.6) is 0 Å². The fourth-order valence-corrected chi connectivity index (χ4v) is 2.78. The van der Waals surface area contributed by atoms with E-state index in [0.717, 1.165) is 11.6 Å². The molecule has 0 aliphatic heterocycles. The lowest BCUT2D eigenvalue weighted by Gasteiger charge is -2.10. The molecule has 3 N–H and O–H groups in total. The lowest BCUT2D eigenvalue weighted by Crippen LogP contribution is -2.25. The summed E-state index contributed by atoms with van der Waals surface area (Å²) in [5.41, 5.74) is 6.33. The Bertz CT molecular complexity index is 779. The zero-order valence-corrected chi connectivity index (χ0v) is 11.9. The highest BCUT2D eigenvalue weighted by Gasteiger charge is 2.21. The second kappa shape index (κ2) is 5.74. The van der Waals surface area contributed by atoms with Gasteiger partial charge in [0.2, 0.25) is 10.0 Å². The Kier molecular flexibility index (Phi) is 4.19. The number of halogens is 2. The zero-order chi connectivity index (χ0) is 15.6. The fourth-order valence-electron chi connectivity index (χ4n) is 1.68. The number of rotatable bonds is 4. The Morgan fingerprint density at radius 2 is 2.00 bits per heavy atom. The van der Waals surface area contributed by atoms with Gasteiger partial charge < -0.3 is 5.73 Å². The SMILES string of the molecule is Cc1ccncc1CNS(=O)(=O)c1cc(N)c(F)cc1F. The number of benzene rings is 1. The predicted octanol–water partition coefficient (Wildman–Crippen LogP) is 1.73. The molecule has 0 saturated heterocycles. The number of nitrogens with zero attached hydrogens (tertiary/aromatic N) is 1. The largest absolute Gasteiger partial charge is 0.396 e. The average Bonchev–Trinajstić information content (AvgIpc) is 2.42. The number of aromatic nitrogens is 1. The molecule has 0 radical (unpaired) electrons. The van der Waals surface area contributed by atoms with Gasteiger partial charge in [-0.2, -0.15) is 0 Å². The highest BCUT2D eigenvalue weighted by molar-refractivity contribution is 7.89. The monoisotopic (exact) mass is 313 g/mol. The summed E-state index contributed by atoms with van der Waals surface area (Å²) >= 11 is 0. The minimum Gasteiger partial charge on any atom is -0.396 e. The molecule has 8 heteroatoms. The van der Waals surface area contributed by atoms with Crippen LogP contribution in [0.15, 0.2) is 35.5 Å². The topological polar surface area (TPSA) is 85.1 Å². The first kappa shape index (κ1) is 15.3. The lowest BCUT2D eigenvalue weighted by molar-refractivity contribution is 0.544. The van der Waals surface area contributed by atoms with Crippen LogP contribution < -0.4 is 10.5 Å². The van der Waals surface area contributed by atoms with E-state index in [2.05, 4.69) is 9.71 Å². The summed E-state index contributed by atoms with van der Waals surface area (Å²) in [5.74, 6) is -2.20. The molecule has 0 saturated carbocycles. The van der Waals surface area contributed by atoms with Crippen molar-refractivity contribution >= 4 is 15.7 Å². The molecule has 0 atom stereocenters. The molecular formula is C13H13F2N3O2S. The minimum absolute atomic E-state index is 0.0568. The van der Waals surface area contributed by atoms with Gasteiger partial charge in [0.1, 0.15) is 16.5 Å². The van der Waals surface area contributed by atoms with E-state index < -0.39 is 32.2 Å². The van der Waals surface area contributed by atoms with Gasteiger partial charge in [-0.3, -0.25) is 4.98 Å². The molecule has 1 aromatic carbocycles. The highest BCUT2D eigenvalue weighted by atomic mass is 32.2. The van der Waals surface area contributed by atoms with Crippen molar-refractivity contribution in [1.29, 1.82) is 0 Å². The van der Waals surface area contributed by atoms with Crippen LogP contribution in [0.25, 0.3) is 0 Å². The summed E-state index contributed by atoms with van der Waals surface area (Å²) in [6.07, 6.45) is 3.08. The van der Waals surface area contributed by atoms with Crippen LogP contribution in [0, 0.1) is 18.6 Å². The van der Waals surface area contributed by atoms with E-state index in [0.29, 0.717) is 11.6 Å². The summed E-state index contributed by atoms with van der Waals surface area (Å²) in [4.78, 5) is 3.19. The van der Waals surface area contributed by atoms with Crippen LogP contribution in [0.4, 0.5) is 14.5 Å². The van der Waals surface area contributed by atoms with Crippen molar-refractivity contribution in [3.05, 3.63) is 53.4 Å². The predicted molar refractivity (Wildman–Crippen MR) is 73.8 cm³/mol. The van der Waals surface area contributed by atoms with E-state index in [1.807, 2.05) is 0 Å². The van der Waals surface area contributed by atoms with Gasteiger partial charge in [0, 0.05) is 25.0 Å². The van der Waals surface area contributed by atoms with Crippen LogP contribution in [-0.2, 0) is 16.6 Å². The van der Waals surface area contributed by atoms with E-state index >= 15 is 0 Å². The summed E-state index contributed by atoms with van der Waals surface area (Å²) in [5, 5.41) is 0. The average molecular weight is 313 g/mol. The quantitative estimate of drug-likeness (QED) is 0.842. The van der Waals surface area contributed by atoms with Crippen LogP contribution in [0.2, 0.25) is 0 Å². The van der Waals surface area contributed by atoms with Gasteiger partial charge in [-0.05, 0) is 30.2 Å². The molecule has 1 heterocycles. The van der Waals surface area contributed by atoms with Gasteiger partial charge in [0.05, 0.1) is 5.69 Å². The van der Waals surface area contributed by atoms with Crippen LogP contribution >= 0.6 is 0 Å². The molecule has 21 heavy (non-hydrogen) atoms. The number of nitrogens with one attached hydrogen (secondary N) is 1. The van der Waals surface area contributed by atoms with Crippen LogP contribution in [0.3, 0.4) is 0 Å². The lowest BCUT2D eigenvalue weighted by atomic mass is 10.2. The fraction of sp³-hybridized carbons (Fsp3) is 0.154. The van der Waals surface area contributed by atoms with E-state index in [9.17, 15) is 17.2 Å². The number of nitrogen functional groups attached to an aromatic ring is 1. The van der Waals surface area contributed by atoms with Gasteiger partial charge in [0.25, 0.3) is 0 Å². The number of pyridine rings is 1. The van der Waals surface area contributed by atoms with Gasteiger partial charge in [-0.25, -0.2) is 21.9 Å². The normalized spacial score (nSPS) is 11.6. The molecule has 0 aliphatic carbocycles. The first-order valence-electron chi connectivity index (χ1n) is 5.95. The zero-order valence-electron chi connectivity index (χ0n) is 11.1. The van der Waals surface area contributed by atoms with Gasteiger partial charge in [-0.1, -0.05) is 0 Å². The second-order valence-electron chi connectivity index (χ2n) is 4.43. The third kappa shape index (κ3) is 3.34. The van der Waals surface area contributed by atoms with E-state index in [1.54, 1.807) is 19.2 Å². The van der Waals surface area contributed by atoms with Crippen molar-refractivity contribution in [3.8, 4) is 0 Å². The molecular weight excluding hydrogens is 300 g/mol. The molecule has 0 unspecified atom stereocenters. The minimum atomic E-state index is -4.14. The smallest absolute Gasteiger partial charge is 0.243 e. The maximum atomic E-state index is 13.6. The molecule has 2 rings (SSSR count). The Morgan fingerprint density at radius 3 is 2.67 bits per heavy atom. The standard InChI is InChI=1S/C13H13F2N3O2S/c1-8-2-3-17-6-9(8)7-18-21(19,20)13-5-12(16)10(14)4-11(13)15/h2-6,18H,7,16H2,1H3. The number of sulfonamides is 1. The second-order valence-corrected chi connectivity index (χ2v) is 6.17. The van der Waals surface area contributed by atoms with Gasteiger partial charge in [-0.15, -0.1) is 0 Å². The van der Waals surface area contributed by atoms with Crippen LogP contribution in [0.1, 0.15) is 11.1 Å². The van der Waals surface area contributed by atoms with Crippen molar-refractivity contribution in [2.75, 3.05) is 5.73 Å². The van der Waals surface area contributed by atoms with Crippen molar-refractivity contribution in [2.45, 2.75) is 18.4 Å². The number of hydrogen-bond acceptors (Lipinski definition) is 4. The molecule has 0 spiro atoms. The first-order valence-corrected chi connectivity index (χ1v) is 7.43. The Morgan fingerprint density at radius 1 is 1.29 bits per heavy atom. The molecule has 0 amide bonds. The van der Waals surface area contributed by atoms with Crippen molar-refractivity contribution < 1.29 is 17.2 Å².